The van der Waals surface area contributed by atoms with Crippen molar-refractivity contribution in [3.8, 4) is 17.0 Å². The van der Waals surface area contributed by atoms with Crippen LogP contribution in [0.25, 0.3) is 11.3 Å². The van der Waals surface area contributed by atoms with Crippen LogP contribution in [0.2, 0.25) is 5.02 Å². The topological polar surface area (TPSA) is 72.3 Å². The fourth-order valence-electron chi connectivity index (χ4n) is 2.13. The standard InChI is InChI=1S/C18H13ClN2O3/c19-13-8-6-12(7-9-13)15-10-20-17(18(22)23)16(21-15)11-24-14-4-2-1-3-5-14/h1-10H,11H2,(H,22,23). The molecule has 3 aromatic rings. The number of carboxylic acids is 1. The summed E-state index contributed by atoms with van der Waals surface area (Å²) in [5.41, 5.74) is 1.50. The van der Waals surface area contributed by atoms with Crippen LogP contribution in [-0.4, -0.2) is 21.0 Å². The van der Waals surface area contributed by atoms with Gasteiger partial charge in [-0.2, -0.15) is 0 Å². The highest BCUT2D eigenvalue weighted by atomic mass is 35.5. The van der Waals surface area contributed by atoms with Gasteiger partial charge in [-0.15, -0.1) is 0 Å². The fraction of sp³-hybridized carbons (Fsp3) is 0.0556. The van der Waals surface area contributed by atoms with E-state index in [1.165, 1.54) is 6.20 Å². The first-order valence-corrected chi connectivity index (χ1v) is 7.54. The first-order valence-electron chi connectivity index (χ1n) is 7.16. The molecule has 0 atom stereocenters. The molecule has 0 unspecified atom stereocenters. The summed E-state index contributed by atoms with van der Waals surface area (Å²) >= 11 is 5.88. The number of ether oxygens (including phenoxy) is 1. The number of aromatic nitrogens is 2. The molecule has 5 nitrogen and oxygen atoms in total. The monoisotopic (exact) mass is 340 g/mol. The average molecular weight is 341 g/mol. The van der Waals surface area contributed by atoms with Crippen molar-refractivity contribution in [3.63, 3.8) is 0 Å². The van der Waals surface area contributed by atoms with Gasteiger partial charge in [0.05, 0.1) is 11.9 Å². The maximum atomic E-state index is 11.4. The van der Waals surface area contributed by atoms with Gasteiger partial charge in [0, 0.05) is 10.6 Å². The van der Waals surface area contributed by atoms with Crippen molar-refractivity contribution < 1.29 is 14.6 Å². The maximum Gasteiger partial charge on any atom is 0.356 e. The van der Waals surface area contributed by atoms with E-state index in [0.717, 1.165) is 5.56 Å². The predicted octanol–water partition coefficient (Wildman–Crippen LogP) is 4.07. The van der Waals surface area contributed by atoms with E-state index < -0.39 is 5.97 Å². The van der Waals surface area contributed by atoms with E-state index in [1.54, 1.807) is 36.4 Å². The molecule has 0 radical (unpaired) electrons. The Kier molecular flexibility index (Phi) is 4.72. The van der Waals surface area contributed by atoms with Crippen molar-refractivity contribution in [3.05, 3.63) is 77.2 Å². The zero-order chi connectivity index (χ0) is 16.9. The molecule has 0 spiro atoms. The van der Waals surface area contributed by atoms with Crippen LogP contribution in [0.5, 0.6) is 5.75 Å². The summed E-state index contributed by atoms with van der Waals surface area (Å²) in [6, 6.07) is 16.2. The summed E-state index contributed by atoms with van der Waals surface area (Å²) in [6.45, 7) is 0.0140. The third-order valence-electron chi connectivity index (χ3n) is 3.31. The predicted molar refractivity (Wildman–Crippen MR) is 90.2 cm³/mol. The number of carboxylic acid groups (broad SMARTS) is 1. The fourth-order valence-corrected chi connectivity index (χ4v) is 2.26. The van der Waals surface area contributed by atoms with Crippen molar-refractivity contribution in [2.75, 3.05) is 0 Å². The lowest BCUT2D eigenvalue weighted by Crippen LogP contribution is -2.11. The second-order valence-corrected chi connectivity index (χ2v) is 5.40. The number of hydrogen-bond acceptors (Lipinski definition) is 4. The van der Waals surface area contributed by atoms with Crippen LogP contribution in [0.15, 0.2) is 60.8 Å². The number of halogens is 1. The van der Waals surface area contributed by atoms with Crippen molar-refractivity contribution in [2.45, 2.75) is 6.61 Å². The number of benzene rings is 2. The van der Waals surface area contributed by atoms with E-state index in [-0.39, 0.29) is 18.0 Å². The normalized spacial score (nSPS) is 10.4. The second-order valence-electron chi connectivity index (χ2n) is 4.96. The van der Waals surface area contributed by atoms with Crippen LogP contribution in [0.1, 0.15) is 16.2 Å². The Bertz CT molecular complexity index is 852. The molecule has 0 saturated carbocycles. The van der Waals surface area contributed by atoms with Crippen LogP contribution >= 0.6 is 11.6 Å². The molecule has 0 amide bonds. The SMILES string of the molecule is O=C(O)c1ncc(-c2ccc(Cl)cc2)nc1COc1ccccc1. The van der Waals surface area contributed by atoms with Gasteiger partial charge in [0.1, 0.15) is 18.1 Å². The molecule has 6 heteroatoms. The summed E-state index contributed by atoms with van der Waals surface area (Å²) in [6.07, 6.45) is 1.43. The summed E-state index contributed by atoms with van der Waals surface area (Å²) in [5, 5.41) is 9.90. The second kappa shape index (κ2) is 7.10. The number of carbonyl (C=O) groups is 1. The molecule has 0 saturated heterocycles. The molecule has 0 aliphatic heterocycles. The molecule has 0 fully saturated rings. The van der Waals surface area contributed by atoms with Gasteiger partial charge >= 0.3 is 5.97 Å². The molecule has 0 aliphatic carbocycles. The molecule has 1 heterocycles. The Morgan fingerprint density at radius 2 is 1.79 bits per heavy atom. The lowest BCUT2D eigenvalue weighted by Gasteiger charge is -2.09. The van der Waals surface area contributed by atoms with Gasteiger partial charge < -0.3 is 9.84 Å². The van der Waals surface area contributed by atoms with Gasteiger partial charge in [0.2, 0.25) is 0 Å². The van der Waals surface area contributed by atoms with Crippen molar-refractivity contribution in [1.82, 2.24) is 9.97 Å². The van der Waals surface area contributed by atoms with Crippen LogP contribution < -0.4 is 4.74 Å². The number of para-hydroxylation sites is 1. The Morgan fingerprint density at radius 3 is 2.46 bits per heavy atom. The molecule has 0 bridgehead atoms. The van der Waals surface area contributed by atoms with E-state index in [0.29, 0.717) is 16.5 Å². The summed E-state index contributed by atoms with van der Waals surface area (Å²) in [7, 11) is 0. The Balaban J connectivity index is 1.91. The van der Waals surface area contributed by atoms with Gasteiger partial charge in [0.25, 0.3) is 0 Å². The van der Waals surface area contributed by atoms with Gasteiger partial charge in [-0.05, 0) is 24.3 Å². The molecule has 120 valence electrons. The van der Waals surface area contributed by atoms with Crippen LogP contribution in [0.4, 0.5) is 0 Å². The van der Waals surface area contributed by atoms with Crippen molar-refractivity contribution >= 4 is 17.6 Å². The highest BCUT2D eigenvalue weighted by molar-refractivity contribution is 6.30. The first-order chi connectivity index (χ1) is 11.6. The quantitative estimate of drug-likeness (QED) is 0.757. The van der Waals surface area contributed by atoms with Crippen LogP contribution in [0.3, 0.4) is 0 Å². The van der Waals surface area contributed by atoms with E-state index in [9.17, 15) is 9.90 Å². The highest BCUT2D eigenvalue weighted by Gasteiger charge is 2.16. The summed E-state index contributed by atoms with van der Waals surface area (Å²) in [4.78, 5) is 19.8. The zero-order valence-electron chi connectivity index (χ0n) is 12.5. The third kappa shape index (κ3) is 3.70. The Hall–Kier alpha value is -2.92. The molecule has 24 heavy (non-hydrogen) atoms. The third-order valence-corrected chi connectivity index (χ3v) is 3.56. The molecular weight excluding hydrogens is 328 g/mol. The number of hydrogen-bond donors (Lipinski definition) is 1. The molecule has 0 aliphatic rings. The average Bonchev–Trinajstić information content (AvgIpc) is 2.61. The van der Waals surface area contributed by atoms with Gasteiger partial charge in [-0.3, -0.25) is 0 Å². The lowest BCUT2D eigenvalue weighted by molar-refractivity contribution is 0.0686. The summed E-state index contributed by atoms with van der Waals surface area (Å²) < 4.78 is 5.61. The van der Waals surface area contributed by atoms with Crippen LogP contribution in [-0.2, 0) is 6.61 Å². The van der Waals surface area contributed by atoms with Crippen molar-refractivity contribution in [1.29, 1.82) is 0 Å². The van der Waals surface area contributed by atoms with Gasteiger partial charge in [0.15, 0.2) is 5.69 Å². The largest absolute Gasteiger partial charge is 0.487 e. The minimum atomic E-state index is -1.14. The van der Waals surface area contributed by atoms with Crippen molar-refractivity contribution in [2.24, 2.45) is 0 Å². The molecule has 1 N–H and O–H groups in total. The first kappa shape index (κ1) is 16.0. The van der Waals surface area contributed by atoms with Gasteiger partial charge in [-0.1, -0.05) is 41.9 Å². The van der Waals surface area contributed by atoms with E-state index >= 15 is 0 Å². The van der Waals surface area contributed by atoms with E-state index in [2.05, 4.69) is 9.97 Å². The smallest absolute Gasteiger partial charge is 0.356 e. The number of aromatic carboxylic acids is 1. The Labute approximate surface area is 143 Å². The minimum Gasteiger partial charge on any atom is -0.487 e. The number of rotatable bonds is 5. The van der Waals surface area contributed by atoms with E-state index in [4.69, 9.17) is 16.3 Å². The molecule has 3 rings (SSSR count). The maximum absolute atomic E-state index is 11.4. The minimum absolute atomic E-state index is 0.0140. The Morgan fingerprint density at radius 1 is 1.08 bits per heavy atom. The number of nitrogens with zero attached hydrogens (tertiary/aromatic N) is 2. The molecule has 1 aromatic heterocycles. The highest BCUT2D eigenvalue weighted by Crippen LogP contribution is 2.21. The van der Waals surface area contributed by atoms with E-state index in [1.807, 2.05) is 18.2 Å². The lowest BCUT2D eigenvalue weighted by atomic mass is 10.1. The molecular formula is C18H13ClN2O3. The van der Waals surface area contributed by atoms with Crippen LogP contribution in [0, 0.1) is 0 Å². The molecule has 2 aromatic carbocycles. The van der Waals surface area contributed by atoms with Gasteiger partial charge in [-0.25, -0.2) is 14.8 Å². The zero-order valence-corrected chi connectivity index (χ0v) is 13.3. The summed E-state index contributed by atoms with van der Waals surface area (Å²) in [5.74, 6) is -0.510.